The molecule has 220 valence electrons. The SMILES string of the molecule is CC(C)Cn1c2ccc(OCC(=O)NCCCN3CCCC3)cc2c2c3c[nH]c(O)c3c3c(c21)CCc1nn(C)cc1-3. The van der Waals surface area contributed by atoms with Gasteiger partial charge in [0.25, 0.3) is 5.91 Å². The third kappa shape index (κ3) is 4.60. The molecule has 3 aromatic heterocycles. The summed E-state index contributed by atoms with van der Waals surface area (Å²) >= 11 is 0. The minimum atomic E-state index is -0.0990. The summed E-state index contributed by atoms with van der Waals surface area (Å²) < 4.78 is 10.3. The number of hydrogen-bond donors (Lipinski definition) is 3. The Kier molecular flexibility index (Phi) is 6.85. The zero-order chi connectivity index (χ0) is 29.0. The average molecular weight is 569 g/mol. The van der Waals surface area contributed by atoms with Gasteiger partial charge >= 0.3 is 0 Å². The summed E-state index contributed by atoms with van der Waals surface area (Å²) in [6, 6.07) is 6.14. The summed E-state index contributed by atoms with van der Waals surface area (Å²) in [7, 11) is 1.96. The summed E-state index contributed by atoms with van der Waals surface area (Å²) in [4.78, 5) is 18.1. The topological polar surface area (TPSA) is 100 Å². The number of rotatable bonds is 9. The molecule has 42 heavy (non-hydrogen) atoms. The Labute approximate surface area is 245 Å². The van der Waals surface area contributed by atoms with Gasteiger partial charge in [-0.25, -0.2) is 0 Å². The molecule has 1 aliphatic heterocycles. The molecule has 5 aromatic rings. The molecule has 7 rings (SSSR count). The number of hydrogen-bond acceptors (Lipinski definition) is 5. The smallest absolute Gasteiger partial charge is 0.257 e. The average Bonchev–Trinajstić information content (AvgIpc) is 3.76. The predicted molar refractivity (Wildman–Crippen MR) is 166 cm³/mol. The van der Waals surface area contributed by atoms with Crippen LogP contribution in [-0.2, 0) is 31.2 Å². The number of carbonyl (C=O) groups excluding carboxylic acids is 1. The molecule has 0 atom stereocenters. The molecule has 1 amide bonds. The van der Waals surface area contributed by atoms with Crippen LogP contribution in [0.4, 0.5) is 0 Å². The van der Waals surface area contributed by atoms with Gasteiger partial charge in [-0.15, -0.1) is 0 Å². The molecule has 0 saturated carbocycles. The van der Waals surface area contributed by atoms with Crippen LogP contribution in [0, 0.1) is 5.92 Å². The largest absolute Gasteiger partial charge is 0.494 e. The number of nitrogens with zero attached hydrogens (tertiary/aromatic N) is 4. The monoisotopic (exact) mass is 568 g/mol. The molecule has 3 N–H and O–H groups in total. The second-order valence-corrected chi connectivity index (χ2v) is 12.4. The lowest BCUT2D eigenvalue weighted by Gasteiger charge is -2.21. The fraction of sp³-hybridized carbons (Fsp3) is 0.455. The molecule has 0 bridgehead atoms. The second-order valence-electron chi connectivity index (χ2n) is 12.4. The molecular weight excluding hydrogens is 528 g/mol. The minimum absolute atomic E-state index is 0.0145. The lowest BCUT2D eigenvalue weighted by atomic mass is 9.85. The maximum absolute atomic E-state index is 12.6. The van der Waals surface area contributed by atoms with Crippen LogP contribution in [0.5, 0.6) is 11.6 Å². The Balaban J connectivity index is 1.26. The van der Waals surface area contributed by atoms with Crippen LogP contribution in [0.2, 0.25) is 0 Å². The number of ether oxygens (including phenoxy) is 1. The first-order chi connectivity index (χ1) is 20.4. The van der Waals surface area contributed by atoms with Gasteiger partial charge in [-0.1, -0.05) is 13.8 Å². The van der Waals surface area contributed by atoms with Gasteiger partial charge in [0.15, 0.2) is 12.5 Å². The van der Waals surface area contributed by atoms with Gasteiger partial charge in [0.1, 0.15) is 5.75 Å². The van der Waals surface area contributed by atoms with Crippen LogP contribution in [0.25, 0.3) is 43.7 Å². The van der Waals surface area contributed by atoms with Gasteiger partial charge in [0.2, 0.25) is 0 Å². The number of aromatic hydroxyl groups is 1. The van der Waals surface area contributed by atoms with E-state index in [0.29, 0.717) is 18.2 Å². The first-order valence-electron chi connectivity index (χ1n) is 15.3. The third-order valence-corrected chi connectivity index (χ3v) is 8.88. The van der Waals surface area contributed by atoms with Crippen LogP contribution in [-0.4, -0.2) is 68.0 Å². The van der Waals surface area contributed by atoms with Gasteiger partial charge in [-0.2, -0.15) is 5.10 Å². The maximum atomic E-state index is 12.6. The highest BCUT2D eigenvalue weighted by Crippen LogP contribution is 2.49. The number of aromatic amines is 1. The van der Waals surface area contributed by atoms with Gasteiger partial charge in [-0.3, -0.25) is 9.48 Å². The Hall–Kier alpha value is -3.98. The molecule has 2 aromatic carbocycles. The Morgan fingerprint density at radius 2 is 2.00 bits per heavy atom. The maximum Gasteiger partial charge on any atom is 0.257 e. The molecule has 1 saturated heterocycles. The molecule has 1 aliphatic carbocycles. The van der Waals surface area contributed by atoms with E-state index in [0.717, 1.165) is 76.2 Å². The fourth-order valence-electron chi connectivity index (χ4n) is 7.15. The van der Waals surface area contributed by atoms with Gasteiger partial charge < -0.3 is 29.6 Å². The van der Waals surface area contributed by atoms with Crippen LogP contribution in [0.1, 0.15) is 44.4 Å². The normalized spacial score (nSPS) is 15.2. The van der Waals surface area contributed by atoms with Crippen molar-refractivity contribution in [1.29, 1.82) is 0 Å². The van der Waals surface area contributed by atoms with E-state index in [-0.39, 0.29) is 18.4 Å². The third-order valence-electron chi connectivity index (χ3n) is 8.88. The molecule has 4 heterocycles. The van der Waals surface area contributed by atoms with Crippen molar-refractivity contribution in [2.45, 2.75) is 52.5 Å². The molecule has 2 aliphatic rings. The molecule has 0 spiro atoms. The van der Waals surface area contributed by atoms with Crippen LogP contribution in [0.15, 0.2) is 30.6 Å². The number of carbonyl (C=O) groups is 1. The first kappa shape index (κ1) is 26.9. The highest BCUT2D eigenvalue weighted by molar-refractivity contribution is 6.26. The number of aryl methyl sites for hydroxylation is 3. The zero-order valence-electron chi connectivity index (χ0n) is 24.8. The van der Waals surface area contributed by atoms with Gasteiger partial charge in [-0.05, 0) is 81.4 Å². The molecule has 0 unspecified atom stereocenters. The van der Waals surface area contributed by atoms with Crippen molar-refractivity contribution in [1.82, 2.24) is 29.5 Å². The number of fused-ring (bicyclic) bond motifs is 10. The van der Waals surface area contributed by atoms with Gasteiger partial charge in [0, 0.05) is 65.3 Å². The van der Waals surface area contributed by atoms with Crippen LogP contribution in [0.3, 0.4) is 0 Å². The number of benzene rings is 2. The van der Waals surface area contributed by atoms with E-state index in [1.807, 2.05) is 24.0 Å². The molecule has 9 nitrogen and oxygen atoms in total. The quantitative estimate of drug-likeness (QED) is 0.215. The van der Waals surface area contributed by atoms with E-state index < -0.39 is 0 Å². The summed E-state index contributed by atoms with van der Waals surface area (Å²) in [6.45, 7) is 9.39. The molecule has 9 heteroatoms. The first-order valence-corrected chi connectivity index (χ1v) is 15.3. The van der Waals surface area contributed by atoms with E-state index in [1.165, 1.54) is 37.0 Å². The predicted octanol–water partition coefficient (Wildman–Crippen LogP) is 5.12. The van der Waals surface area contributed by atoms with Crippen molar-refractivity contribution in [3.8, 4) is 22.8 Å². The highest BCUT2D eigenvalue weighted by Gasteiger charge is 2.30. The number of amides is 1. The van der Waals surface area contributed by atoms with Gasteiger partial charge in [0.05, 0.1) is 16.6 Å². The summed E-state index contributed by atoms with van der Waals surface area (Å²) in [5.74, 6) is 1.19. The lowest BCUT2D eigenvalue weighted by molar-refractivity contribution is -0.123. The number of likely N-dealkylation sites (tertiary alicyclic amines) is 1. The zero-order valence-corrected chi connectivity index (χ0v) is 24.8. The number of nitrogens with one attached hydrogen (secondary N) is 2. The van der Waals surface area contributed by atoms with Crippen LogP contribution < -0.4 is 10.1 Å². The molecular formula is C33H40N6O3. The summed E-state index contributed by atoms with van der Waals surface area (Å²) in [6.07, 6.45) is 9.23. The lowest BCUT2D eigenvalue weighted by Crippen LogP contribution is -2.32. The van der Waals surface area contributed by atoms with Crippen molar-refractivity contribution in [3.05, 3.63) is 41.9 Å². The standard InChI is InChI=1S/C33H40N6O3/c1-20(2)17-39-27-10-7-21(42-19-28(40)34-11-6-14-38-12-4-5-13-38)15-23(27)30-24-16-35-33(41)31(24)29-22(32(30)39)8-9-26-25(29)18-37(3)36-26/h7,10,15-16,18,20,35,41H,4-6,8-9,11-14,17,19H2,1-3H3,(H,34,40). The Bertz CT molecular complexity index is 1800. The van der Waals surface area contributed by atoms with E-state index in [9.17, 15) is 9.90 Å². The van der Waals surface area contributed by atoms with E-state index >= 15 is 0 Å². The fourth-order valence-corrected chi connectivity index (χ4v) is 7.15. The van der Waals surface area contributed by atoms with E-state index in [1.54, 1.807) is 0 Å². The summed E-state index contributed by atoms with van der Waals surface area (Å²) in [5.41, 5.74) is 6.84. The molecule has 0 radical (unpaired) electrons. The number of aromatic nitrogens is 4. The van der Waals surface area contributed by atoms with Crippen molar-refractivity contribution in [2.24, 2.45) is 13.0 Å². The van der Waals surface area contributed by atoms with E-state index in [2.05, 4.69) is 51.9 Å². The minimum Gasteiger partial charge on any atom is -0.494 e. The van der Waals surface area contributed by atoms with Crippen molar-refractivity contribution < 1.29 is 14.6 Å². The summed E-state index contributed by atoms with van der Waals surface area (Å²) in [5, 5.41) is 22.8. The Morgan fingerprint density at radius 1 is 1.17 bits per heavy atom. The van der Waals surface area contributed by atoms with Crippen molar-refractivity contribution >= 4 is 38.5 Å². The van der Waals surface area contributed by atoms with Crippen molar-refractivity contribution in [2.75, 3.05) is 32.8 Å². The second kappa shape index (κ2) is 10.7. The Morgan fingerprint density at radius 3 is 2.81 bits per heavy atom. The number of H-pyrrole nitrogens is 1. The van der Waals surface area contributed by atoms with Crippen molar-refractivity contribution in [3.63, 3.8) is 0 Å². The van der Waals surface area contributed by atoms with E-state index in [4.69, 9.17) is 9.84 Å². The van der Waals surface area contributed by atoms with Crippen LogP contribution >= 0.6 is 0 Å². The highest BCUT2D eigenvalue weighted by atomic mass is 16.5. The molecule has 1 fully saturated rings.